The van der Waals surface area contributed by atoms with Gasteiger partial charge in [0.1, 0.15) is 24.2 Å². The molecule has 1 aliphatic carbocycles. The van der Waals surface area contributed by atoms with Crippen molar-refractivity contribution in [2.24, 2.45) is 0 Å². The number of hydrogen-bond acceptors (Lipinski definition) is 4. The van der Waals surface area contributed by atoms with Crippen molar-refractivity contribution in [3.63, 3.8) is 0 Å². The van der Waals surface area contributed by atoms with Gasteiger partial charge in [0.2, 0.25) is 0 Å². The molecule has 1 unspecified atom stereocenters. The van der Waals surface area contributed by atoms with Crippen LogP contribution >= 0.6 is 0 Å². The average molecular weight is 238 g/mol. The Bertz CT molecular complexity index is 332. The van der Waals surface area contributed by atoms with Crippen molar-refractivity contribution >= 4 is 0 Å². The van der Waals surface area contributed by atoms with Gasteiger partial charge >= 0.3 is 0 Å². The largest absolute Gasteiger partial charge is 0.491 e. The maximum atomic E-state index is 9.13. The Morgan fingerprint density at radius 2 is 1.82 bits per heavy atom. The maximum absolute atomic E-state index is 9.13. The van der Waals surface area contributed by atoms with E-state index >= 15 is 0 Å². The number of hydrogen-bond donors (Lipinski definition) is 2. The van der Waals surface area contributed by atoms with Gasteiger partial charge in [-0.15, -0.1) is 0 Å². The van der Waals surface area contributed by atoms with Gasteiger partial charge in [-0.3, -0.25) is 0 Å². The Morgan fingerprint density at radius 1 is 1.18 bits per heavy atom. The second-order valence-corrected chi connectivity index (χ2v) is 4.29. The van der Waals surface area contributed by atoms with E-state index in [1.54, 1.807) is 12.1 Å². The molecule has 0 spiro atoms. The molecule has 1 aliphatic rings. The lowest BCUT2D eigenvalue weighted by Crippen LogP contribution is -2.24. The van der Waals surface area contributed by atoms with Gasteiger partial charge in [-0.2, -0.15) is 0 Å². The number of aliphatic hydroxyl groups excluding tert-OH is 2. The van der Waals surface area contributed by atoms with Crippen LogP contribution in [0.4, 0.5) is 0 Å². The van der Waals surface area contributed by atoms with E-state index in [4.69, 9.17) is 19.7 Å². The van der Waals surface area contributed by atoms with Gasteiger partial charge in [-0.25, -0.2) is 0 Å². The molecule has 0 saturated heterocycles. The van der Waals surface area contributed by atoms with E-state index in [1.807, 2.05) is 12.1 Å². The standard InChI is InChI=1S/C13H18O4/c14-8-10(15)9-16-11-4-6-13(7-5-11)17-12-2-1-3-12/h4-7,10,12,14-15H,1-3,8-9H2. The third-order valence-electron chi connectivity index (χ3n) is 2.83. The van der Waals surface area contributed by atoms with Crippen LogP contribution in [0.3, 0.4) is 0 Å². The molecule has 94 valence electrons. The first kappa shape index (κ1) is 12.2. The minimum Gasteiger partial charge on any atom is -0.491 e. The molecule has 4 nitrogen and oxygen atoms in total. The molecule has 0 bridgehead atoms. The zero-order valence-electron chi connectivity index (χ0n) is 9.71. The summed E-state index contributed by atoms with van der Waals surface area (Å²) in [5.74, 6) is 1.52. The molecule has 1 fully saturated rings. The van der Waals surface area contributed by atoms with Crippen molar-refractivity contribution in [3.05, 3.63) is 24.3 Å². The van der Waals surface area contributed by atoms with Crippen LogP contribution in [0.1, 0.15) is 19.3 Å². The van der Waals surface area contributed by atoms with Crippen LogP contribution in [0.15, 0.2) is 24.3 Å². The summed E-state index contributed by atoms with van der Waals surface area (Å²) in [6, 6.07) is 7.33. The fourth-order valence-electron chi connectivity index (χ4n) is 1.54. The lowest BCUT2D eigenvalue weighted by Gasteiger charge is -2.26. The first-order chi connectivity index (χ1) is 8.28. The molecule has 2 N–H and O–H groups in total. The lowest BCUT2D eigenvalue weighted by atomic mass is 9.96. The normalized spacial score (nSPS) is 17.3. The Balaban J connectivity index is 1.80. The summed E-state index contributed by atoms with van der Waals surface area (Å²) in [6.45, 7) is -0.192. The van der Waals surface area contributed by atoms with Crippen LogP contribution in [0.2, 0.25) is 0 Å². The Labute approximate surface area is 101 Å². The SMILES string of the molecule is OCC(O)COc1ccc(OC2CCC2)cc1. The summed E-state index contributed by atoms with van der Waals surface area (Å²) in [4.78, 5) is 0. The molecule has 1 aromatic carbocycles. The number of rotatable bonds is 6. The van der Waals surface area contributed by atoms with Crippen LogP contribution < -0.4 is 9.47 Å². The highest BCUT2D eigenvalue weighted by Gasteiger charge is 2.18. The smallest absolute Gasteiger partial charge is 0.119 e. The predicted molar refractivity (Wildman–Crippen MR) is 63.3 cm³/mol. The van der Waals surface area contributed by atoms with Crippen molar-refractivity contribution in [2.45, 2.75) is 31.5 Å². The van der Waals surface area contributed by atoms with Crippen LogP contribution in [0.25, 0.3) is 0 Å². The van der Waals surface area contributed by atoms with Gasteiger partial charge < -0.3 is 19.7 Å². The predicted octanol–water partition coefficient (Wildman–Crippen LogP) is 1.35. The summed E-state index contributed by atoms with van der Waals surface area (Å²) in [6.07, 6.45) is 3.08. The van der Waals surface area contributed by atoms with Crippen LogP contribution in [-0.4, -0.2) is 35.6 Å². The lowest BCUT2D eigenvalue weighted by molar-refractivity contribution is 0.0535. The molecule has 1 saturated carbocycles. The van der Waals surface area contributed by atoms with E-state index in [0.29, 0.717) is 11.9 Å². The van der Waals surface area contributed by atoms with Crippen LogP contribution in [-0.2, 0) is 0 Å². The minimum absolute atomic E-state index is 0.0966. The first-order valence-corrected chi connectivity index (χ1v) is 5.96. The first-order valence-electron chi connectivity index (χ1n) is 5.96. The third-order valence-corrected chi connectivity index (χ3v) is 2.83. The summed E-state index contributed by atoms with van der Waals surface area (Å²) >= 11 is 0. The van der Waals surface area contributed by atoms with Crippen molar-refractivity contribution in [3.8, 4) is 11.5 Å². The van der Waals surface area contributed by atoms with Crippen molar-refractivity contribution in [2.75, 3.05) is 13.2 Å². The van der Waals surface area contributed by atoms with E-state index in [2.05, 4.69) is 0 Å². The average Bonchev–Trinajstić information content (AvgIpc) is 2.32. The minimum atomic E-state index is -0.832. The molecule has 1 aromatic rings. The van der Waals surface area contributed by atoms with Crippen molar-refractivity contribution in [1.29, 1.82) is 0 Å². The summed E-state index contributed by atoms with van der Waals surface area (Å²) in [5.41, 5.74) is 0. The molecule has 0 amide bonds. The topological polar surface area (TPSA) is 58.9 Å². The highest BCUT2D eigenvalue weighted by atomic mass is 16.5. The molecule has 0 aromatic heterocycles. The Morgan fingerprint density at radius 3 is 2.35 bits per heavy atom. The number of aliphatic hydroxyl groups is 2. The molecule has 4 heteroatoms. The van der Waals surface area contributed by atoms with Gasteiger partial charge in [-0.05, 0) is 43.5 Å². The molecule has 0 aliphatic heterocycles. The summed E-state index contributed by atoms with van der Waals surface area (Å²) in [7, 11) is 0. The molecule has 0 radical (unpaired) electrons. The fourth-order valence-corrected chi connectivity index (χ4v) is 1.54. The molecule has 17 heavy (non-hydrogen) atoms. The Kier molecular flexibility index (Phi) is 4.23. The van der Waals surface area contributed by atoms with Gasteiger partial charge in [0, 0.05) is 0 Å². The van der Waals surface area contributed by atoms with Crippen molar-refractivity contribution in [1.82, 2.24) is 0 Å². The molecular formula is C13H18O4. The highest BCUT2D eigenvalue weighted by molar-refractivity contribution is 5.31. The molecule has 2 rings (SSSR count). The molecule has 1 atom stereocenters. The van der Waals surface area contributed by atoms with E-state index in [1.165, 1.54) is 6.42 Å². The monoisotopic (exact) mass is 238 g/mol. The summed E-state index contributed by atoms with van der Waals surface area (Å²) < 4.78 is 11.0. The van der Waals surface area contributed by atoms with E-state index in [-0.39, 0.29) is 13.2 Å². The van der Waals surface area contributed by atoms with Gasteiger partial charge in [0.05, 0.1) is 12.7 Å². The van der Waals surface area contributed by atoms with E-state index < -0.39 is 6.10 Å². The highest BCUT2D eigenvalue weighted by Crippen LogP contribution is 2.26. The second-order valence-electron chi connectivity index (χ2n) is 4.29. The summed E-state index contributed by atoms with van der Waals surface area (Å²) in [5, 5.41) is 17.8. The van der Waals surface area contributed by atoms with Gasteiger partial charge in [-0.1, -0.05) is 0 Å². The second kappa shape index (κ2) is 5.89. The molecular weight excluding hydrogens is 220 g/mol. The zero-order valence-corrected chi connectivity index (χ0v) is 9.71. The fraction of sp³-hybridized carbons (Fsp3) is 0.538. The van der Waals surface area contributed by atoms with E-state index in [0.717, 1.165) is 18.6 Å². The van der Waals surface area contributed by atoms with Crippen LogP contribution in [0, 0.1) is 0 Å². The van der Waals surface area contributed by atoms with E-state index in [9.17, 15) is 0 Å². The quantitative estimate of drug-likeness (QED) is 0.785. The Hall–Kier alpha value is -1.26. The molecule has 0 heterocycles. The third kappa shape index (κ3) is 3.61. The number of benzene rings is 1. The van der Waals surface area contributed by atoms with Gasteiger partial charge in [0.15, 0.2) is 0 Å². The van der Waals surface area contributed by atoms with Gasteiger partial charge in [0.25, 0.3) is 0 Å². The van der Waals surface area contributed by atoms with Crippen molar-refractivity contribution < 1.29 is 19.7 Å². The number of ether oxygens (including phenoxy) is 2. The van der Waals surface area contributed by atoms with Crippen LogP contribution in [0.5, 0.6) is 11.5 Å². The zero-order chi connectivity index (χ0) is 12.1. The maximum Gasteiger partial charge on any atom is 0.119 e.